The monoisotopic (exact) mass is 372 g/mol. The number of H-pyrrole nitrogens is 1. The van der Waals surface area contributed by atoms with Crippen LogP contribution in [0.15, 0.2) is 65.8 Å². The quantitative estimate of drug-likeness (QED) is 0.522. The molecule has 1 aromatic carbocycles. The zero-order valence-electron chi connectivity index (χ0n) is 15.6. The number of hydrogen-bond donors (Lipinski definition) is 1. The van der Waals surface area contributed by atoms with Crippen molar-refractivity contribution in [2.24, 2.45) is 0 Å². The van der Waals surface area contributed by atoms with E-state index in [1.165, 1.54) is 5.56 Å². The first-order valence-electron chi connectivity index (χ1n) is 9.18. The number of aromatic nitrogens is 4. The zero-order chi connectivity index (χ0) is 19.3. The molecule has 3 aromatic heterocycles. The molecule has 0 aliphatic heterocycles. The third-order valence-electron chi connectivity index (χ3n) is 4.46. The smallest absolute Gasteiger partial charge is 0.259 e. The number of benzene rings is 1. The largest absolute Gasteiger partial charge is 0.494 e. The van der Waals surface area contributed by atoms with Gasteiger partial charge in [-0.3, -0.25) is 14.8 Å². The number of hydrogen-bond acceptors (Lipinski definition) is 5. The molecular weight excluding hydrogens is 352 g/mol. The van der Waals surface area contributed by atoms with E-state index in [0.29, 0.717) is 34.8 Å². The maximum atomic E-state index is 12.5. The fourth-order valence-electron chi connectivity index (χ4n) is 3.01. The predicted octanol–water partition coefficient (Wildman–Crippen LogP) is 3.70. The molecule has 0 saturated heterocycles. The molecular formula is C22H20N4O2. The van der Waals surface area contributed by atoms with Crippen LogP contribution in [0.5, 0.6) is 5.75 Å². The molecule has 0 spiro atoms. The van der Waals surface area contributed by atoms with Gasteiger partial charge in [0.05, 0.1) is 17.5 Å². The Kier molecular flexibility index (Phi) is 5.10. The average molecular weight is 372 g/mol. The molecule has 0 fully saturated rings. The van der Waals surface area contributed by atoms with E-state index in [1.54, 1.807) is 24.7 Å². The fraction of sp³-hybridized carbons (Fsp3) is 0.182. The summed E-state index contributed by atoms with van der Waals surface area (Å²) in [6, 6.07) is 13.2. The number of ether oxygens (including phenoxy) is 1. The minimum Gasteiger partial charge on any atom is -0.494 e. The number of aromatic amines is 1. The molecule has 6 heteroatoms. The van der Waals surface area contributed by atoms with Gasteiger partial charge in [-0.15, -0.1) is 0 Å². The lowest BCUT2D eigenvalue weighted by Gasteiger charge is -2.08. The van der Waals surface area contributed by atoms with Crippen molar-refractivity contribution in [1.29, 1.82) is 0 Å². The van der Waals surface area contributed by atoms with Crippen molar-refractivity contribution in [2.75, 3.05) is 6.61 Å². The van der Waals surface area contributed by atoms with Crippen molar-refractivity contribution in [3.63, 3.8) is 0 Å². The van der Waals surface area contributed by atoms with Gasteiger partial charge in [0.25, 0.3) is 5.56 Å². The maximum Gasteiger partial charge on any atom is 0.259 e. The number of rotatable bonds is 6. The molecule has 6 nitrogen and oxygen atoms in total. The number of nitrogens with one attached hydrogen (secondary N) is 1. The Morgan fingerprint density at radius 3 is 2.71 bits per heavy atom. The third-order valence-corrected chi connectivity index (χ3v) is 4.46. The van der Waals surface area contributed by atoms with Crippen LogP contribution in [0, 0.1) is 6.92 Å². The lowest BCUT2D eigenvalue weighted by Crippen LogP contribution is -2.10. The summed E-state index contributed by atoms with van der Waals surface area (Å²) in [7, 11) is 0. The number of pyridine rings is 2. The summed E-state index contributed by atoms with van der Waals surface area (Å²) >= 11 is 0. The molecule has 0 aliphatic rings. The third kappa shape index (κ3) is 4.06. The number of fused-ring (bicyclic) bond motifs is 1. The molecule has 0 amide bonds. The second-order valence-electron chi connectivity index (χ2n) is 6.62. The van der Waals surface area contributed by atoms with Gasteiger partial charge in [0.2, 0.25) is 0 Å². The van der Waals surface area contributed by atoms with Crippen molar-refractivity contribution >= 4 is 10.9 Å². The van der Waals surface area contributed by atoms with Crippen LogP contribution in [0.3, 0.4) is 0 Å². The minimum absolute atomic E-state index is 0.203. The Balaban J connectivity index is 1.49. The van der Waals surface area contributed by atoms with Gasteiger partial charge in [-0.05, 0) is 73.4 Å². The molecule has 4 rings (SSSR count). The summed E-state index contributed by atoms with van der Waals surface area (Å²) in [5.74, 6) is 1.13. The van der Waals surface area contributed by atoms with Gasteiger partial charge < -0.3 is 9.72 Å². The van der Waals surface area contributed by atoms with Gasteiger partial charge in [0.15, 0.2) is 5.82 Å². The molecule has 0 radical (unpaired) electrons. The van der Waals surface area contributed by atoms with Crippen LogP contribution >= 0.6 is 0 Å². The highest BCUT2D eigenvalue weighted by Gasteiger charge is 2.08. The van der Waals surface area contributed by atoms with E-state index < -0.39 is 0 Å². The molecule has 3 heterocycles. The van der Waals surface area contributed by atoms with Gasteiger partial charge in [-0.1, -0.05) is 0 Å². The van der Waals surface area contributed by atoms with Crippen LogP contribution in [0.25, 0.3) is 22.4 Å². The van der Waals surface area contributed by atoms with Crippen LogP contribution in [0.1, 0.15) is 17.5 Å². The summed E-state index contributed by atoms with van der Waals surface area (Å²) in [4.78, 5) is 28.2. The number of aryl methyl sites for hydroxylation is 2. The second-order valence-corrected chi connectivity index (χ2v) is 6.62. The van der Waals surface area contributed by atoms with Crippen molar-refractivity contribution in [3.05, 3.63) is 82.5 Å². The summed E-state index contributed by atoms with van der Waals surface area (Å²) in [5, 5.41) is 0.503. The molecule has 4 aromatic rings. The van der Waals surface area contributed by atoms with Crippen molar-refractivity contribution in [1.82, 2.24) is 19.9 Å². The van der Waals surface area contributed by atoms with E-state index >= 15 is 0 Å². The maximum absolute atomic E-state index is 12.5. The van der Waals surface area contributed by atoms with Gasteiger partial charge >= 0.3 is 0 Å². The fourth-order valence-corrected chi connectivity index (χ4v) is 3.01. The highest BCUT2D eigenvalue weighted by atomic mass is 16.5. The minimum atomic E-state index is -0.203. The highest BCUT2D eigenvalue weighted by molar-refractivity contribution is 5.80. The van der Waals surface area contributed by atoms with Gasteiger partial charge in [-0.25, -0.2) is 4.98 Å². The lowest BCUT2D eigenvalue weighted by molar-refractivity contribution is 0.311. The Hall–Kier alpha value is -3.54. The Morgan fingerprint density at radius 1 is 1.04 bits per heavy atom. The normalized spacial score (nSPS) is 10.9. The van der Waals surface area contributed by atoms with E-state index in [9.17, 15) is 4.79 Å². The summed E-state index contributed by atoms with van der Waals surface area (Å²) in [5.41, 5.74) is 3.35. The van der Waals surface area contributed by atoms with Gasteiger partial charge in [0.1, 0.15) is 11.4 Å². The van der Waals surface area contributed by atoms with E-state index in [1.807, 2.05) is 43.3 Å². The van der Waals surface area contributed by atoms with Gasteiger partial charge in [-0.2, -0.15) is 0 Å². The highest BCUT2D eigenvalue weighted by Crippen LogP contribution is 2.20. The van der Waals surface area contributed by atoms with Gasteiger partial charge in [0, 0.05) is 18.6 Å². The van der Waals surface area contributed by atoms with Crippen molar-refractivity contribution in [3.8, 4) is 17.3 Å². The van der Waals surface area contributed by atoms with Crippen LogP contribution in [0.4, 0.5) is 0 Å². The molecule has 0 aliphatic carbocycles. The lowest BCUT2D eigenvalue weighted by atomic mass is 10.1. The summed E-state index contributed by atoms with van der Waals surface area (Å²) < 4.78 is 5.81. The molecule has 0 atom stereocenters. The summed E-state index contributed by atoms with van der Waals surface area (Å²) in [6.07, 6.45) is 7.09. The van der Waals surface area contributed by atoms with Crippen LogP contribution in [-0.4, -0.2) is 26.5 Å². The first kappa shape index (κ1) is 17.9. The first-order chi connectivity index (χ1) is 13.7. The van der Waals surface area contributed by atoms with Crippen molar-refractivity contribution in [2.45, 2.75) is 19.8 Å². The Labute approximate surface area is 162 Å². The average Bonchev–Trinajstić information content (AvgIpc) is 2.72. The first-order valence-corrected chi connectivity index (χ1v) is 9.18. The predicted molar refractivity (Wildman–Crippen MR) is 108 cm³/mol. The summed E-state index contributed by atoms with van der Waals surface area (Å²) in [6.45, 7) is 2.55. The number of nitrogens with zero attached hydrogens (tertiary/aromatic N) is 3. The molecule has 0 saturated carbocycles. The van der Waals surface area contributed by atoms with E-state index in [-0.39, 0.29) is 5.56 Å². The van der Waals surface area contributed by atoms with Crippen LogP contribution < -0.4 is 10.3 Å². The molecule has 0 unspecified atom stereocenters. The standard InChI is InChI=1S/C22H20N4O2/c1-15-6-11-24-20(13-15)21-25-19-5-4-17(14-18(19)22(27)26-21)28-12-2-3-16-7-9-23-10-8-16/h4-11,13-14H,2-3,12H2,1H3,(H,25,26,27). The topological polar surface area (TPSA) is 80.8 Å². The molecule has 0 bridgehead atoms. The molecule has 28 heavy (non-hydrogen) atoms. The second kappa shape index (κ2) is 8.00. The molecule has 140 valence electrons. The van der Waals surface area contributed by atoms with E-state index in [2.05, 4.69) is 19.9 Å². The van der Waals surface area contributed by atoms with E-state index in [4.69, 9.17) is 4.74 Å². The van der Waals surface area contributed by atoms with Crippen LogP contribution in [0.2, 0.25) is 0 Å². The Morgan fingerprint density at radius 2 is 1.89 bits per heavy atom. The van der Waals surface area contributed by atoms with E-state index in [0.717, 1.165) is 18.4 Å². The van der Waals surface area contributed by atoms with Crippen LogP contribution in [-0.2, 0) is 6.42 Å². The zero-order valence-corrected chi connectivity index (χ0v) is 15.6. The Bertz CT molecular complexity index is 1160. The molecule has 1 N–H and O–H groups in total. The SMILES string of the molecule is Cc1ccnc(-c2nc3ccc(OCCCc4ccncc4)cc3c(=O)[nH]2)c1. The van der Waals surface area contributed by atoms with Crippen molar-refractivity contribution < 1.29 is 4.74 Å².